The summed E-state index contributed by atoms with van der Waals surface area (Å²) < 4.78 is 1.62. The van der Waals surface area contributed by atoms with Gasteiger partial charge in [0.2, 0.25) is 0 Å². The van der Waals surface area contributed by atoms with Crippen molar-refractivity contribution < 1.29 is 4.79 Å². The van der Waals surface area contributed by atoms with Gasteiger partial charge in [0.1, 0.15) is 10.7 Å². The molecule has 0 atom stereocenters. The smallest absolute Gasteiger partial charge is 0.274 e. The molecule has 3 aromatic rings. The van der Waals surface area contributed by atoms with Crippen LogP contribution in [-0.2, 0) is 13.6 Å². The Kier molecular flexibility index (Phi) is 4.02. The largest absolute Gasteiger partial charge is 0.334 e. The predicted molar refractivity (Wildman–Crippen MR) is 86.6 cm³/mol. The molecule has 0 saturated heterocycles. The fourth-order valence-electron chi connectivity index (χ4n) is 2.13. The Morgan fingerprint density at radius 3 is 2.73 bits per heavy atom. The standard InChI is InChI=1S/C16H16N4OS/c1-19(16(21)14-8-9-20(2)18-14)10-13-11-22-15(17-13)12-6-4-3-5-7-12/h3-9,11H,10H2,1-2H3. The van der Waals surface area contributed by atoms with Crippen LogP contribution in [-0.4, -0.2) is 32.6 Å². The summed E-state index contributed by atoms with van der Waals surface area (Å²) in [5, 5.41) is 7.09. The van der Waals surface area contributed by atoms with Crippen molar-refractivity contribution >= 4 is 17.2 Å². The molecule has 0 unspecified atom stereocenters. The number of amides is 1. The van der Waals surface area contributed by atoms with E-state index in [1.54, 1.807) is 47.3 Å². The van der Waals surface area contributed by atoms with Crippen LogP contribution in [0.25, 0.3) is 10.6 Å². The van der Waals surface area contributed by atoms with Crippen LogP contribution in [0.2, 0.25) is 0 Å². The summed E-state index contributed by atoms with van der Waals surface area (Å²) in [7, 11) is 3.56. The maximum absolute atomic E-state index is 12.3. The first-order chi connectivity index (χ1) is 10.6. The lowest BCUT2D eigenvalue weighted by Crippen LogP contribution is -2.26. The number of aryl methyl sites for hydroxylation is 1. The number of hydrogen-bond donors (Lipinski definition) is 0. The second-order valence-electron chi connectivity index (χ2n) is 5.05. The lowest BCUT2D eigenvalue weighted by atomic mass is 10.2. The number of aromatic nitrogens is 3. The molecule has 0 bridgehead atoms. The number of carbonyl (C=O) groups excluding carboxylic acids is 1. The summed E-state index contributed by atoms with van der Waals surface area (Å²) >= 11 is 1.59. The molecular formula is C16H16N4OS. The molecule has 5 nitrogen and oxygen atoms in total. The number of thiazole rings is 1. The van der Waals surface area contributed by atoms with Crippen molar-refractivity contribution in [3.8, 4) is 10.6 Å². The normalized spacial score (nSPS) is 10.6. The molecule has 0 radical (unpaired) electrons. The summed E-state index contributed by atoms with van der Waals surface area (Å²) in [5.41, 5.74) is 2.43. The zero-order valence-corrected chi connectivity index (χ0v) is 13.2. The lowest BCUT2D eigenvalue weighted by Gasteiger charge is -2.14. The van der Waals surface area contributed by atoms with Crippen molar-refractivity contribution in [2.24, 2.45) is 7.05 Å². The van der Waals surface area contributed by atoms with Crippen LogP contribution in [0.1, 0.15) is 16.2 Å². The van der Waals surface area contributed by atoms with Crippen molar-refractivity contribution in [2.45, 2.75) is 6.54 Å². The SMILES string of the molecule is CN(Cc1csc(-c2ccccc2)n1)C(=O)c1ccn(C)n1. The highest BCUT2D eigenvalue weighted by atomic mass is 32.1. The van der Waals surface area contributed by atoms with E-state index in [4.69, 9.17) is 0 Å². The van der Waals surface area contributed by atoms with Gasteiger partial charge in [-0.1, -0.05) is 30.3 Å². The summed E-state index contributed by atoms with van der Waals surface area (Å²) in [5.74, 6) is -0.102. The topological polar surface area (TPSA) is 51.0 Å². The van der Waals surface area contributed by atoms with E-state index in [9.17, 15) is 4.79 Å². The maximum atomic E-state index is 12.3. The fourth-order valence-corrected chi connectivity index (χ4v) is 2.95. The Labute approximate surface area is 132 Å². The van der Waals surface area contributed by atoms with Gasteiger partial charge in [-0.3, -0.25) is 9.48 Å². The van der Waals surface area contributed by atoms with E-state index >= 15 is 0 Å². The number of rotatable bonds is 4. The van der Waals surface area contributed by atoms with Crippen LogP contribution in [0, 0.1) is 0 Å². The molecule has 2 aromatic heterocycles. The minimum absolute atomic E-state index is 0.102. The third-order valence-electron chi connectivity index (χ3n) is 3.25. The van der Waals surface area contributed by atoms with E-state index in [0.29, 0.717) is 12.2 Å². The van der Waals surface area contributed by atoms with Crippen molar-refractivity contribution in [1.29, 1.82) is 0 Å². The summed E-state index contributed by atoms with van der Waals surface area (Å²) in [6, 6.07) is 11.8. The Morgan fingerprint density at radius 1 is 1.27 bits per heavy atom. The van der Waals surface area contributed by atoms with Gasteiger partial charge in [0.05, 0.1) is 12.2 Å². The van der Waals surface area contributed by atoms with E-state index < -0.39 is 0 Å². The average molecular weight is 312 g/mol. The molecular weight excluding hydrogens is 296 g/mol. The first kappa shape index (κ1) is 14.5. The molecule has 0 fully saturated rings. The predicted octanol–water partition coefficient (Wildman–Crippen LogP) is 2.82. The third kappa shape index (κ3) is 3.07. The Bertz CT molecular complexity index is 778. The Balaban J connectivity index is 1.71. The van der Waals surface area contributed by atoms with Gasteiger partial charge in [-0.05, 0) is 6.07 Å². The quantitative estimate of drug-likeness (QED) is 0.744. The van der Waals surface area contributed by atoms with E-state index in [1.165, 1.54) is 0 Å². The number of hydrogen-bond acceptors (Lipinski definition) is 4. The lowest BCUT2D eigenvalue weighted by molar-refractivity contribution is 0.0777. The van der Waals surface area contributed by atoms with Crippen LogP contribution >= 0.6 is 11.3 Å². The minimum atomic E-state index is -0.102. The molecule has 1 amide bonds. The first-order valence-electron chi connectivity index (χ1n) is 6.88. The Hall–Kier alpha value is -2.47. The number of nitrogens with zero attached hydrogens (tertiary/aromatic N) is 4. The summed E-state index contributed by atoms with van der Waals surface area (Å²) in [6.45, 7) is 0.471. The molecule has 6 heteroatoms. The van der Waals surface area contributed by atoms with Gasteiger partial charge in [0.15, 0.2) is 0 Å². The Morgan fingerprint density at radius 2 is 2.05 bits per heavy atom. The van der Waals surface area contributed by atoms with Crippen LogP contribution in [0.5, 0.6) is 0 Å². The molecule has 112 valence electrons. The van der Waals surface area contributed by atoms with Gasteiger partial charge in [-0.25, -0.2) is 4.98 Å². The van der Waals surface area contributed by atoms with Gasteiger partial charge in [0, 0.05) is 31.2 Å². The molecule has 2 heterocycles. The molecule has 0 spiro atoms. The van der Waals surface area contributed by atoms with Crippen LogP contribution < -0.4 is 0 Å². The minimum Gasteiger partial charge on any atom is -0.334 e. The van der Waals surface area contributed by atoms with Crippen LogP contribution in [0.15, 0.2) is 48.0 Å². The van der Waals surface area contributed by atoms with Gasteiger partial charge in [-0.15, -0.1) is 11.3 Å². The zero-order chi connectivity index (χ0) is 15.5. The number of benzene rings is 1. The van der Waals surface area contributed by atoms with E-state index in [2.05, 4.69) is 10.1 Å². The van der Waals surface area contributed by atoms with Gasteiger partial charge in [-0.2, -0.15) is 5.10 Å². The molecule has 1 aromatic carbocycles. The van der Waals surface area contributed by atoms with E-state index in [1.807, 2.05) is 35.7 Å². The van der Waals surface area contributed by atoms with Gasteiger partial charge < -0.3 is 4.90 Å². The molecule has 0 saturated carbocycles. The van der Waals surface area contributed by atoms with Gasteiger partial charge in [0.25, 0.3) is 5.91 Å². The molecule has 0 aliphatic rings. The highest BCUT2D eigenvalue weighted by molar-refractivity contribution is 7.13. The second-order valence-corrected chi connectivity index (χ2v) is 5.90. The monoisotopic (exact) mass is 312 g/mol. The zero-order valence-electron chi connectivity index (χ0n) is 12.4. The van der Waals surface area contributed by atoms with Crippen molar-refractivity contribution in [3.05, 3.63) is 59.4 Å². The maximum Gasteiger partial charge on any atom is 0.274 e. The summed E-state index contributed by atoms with van der Waals surface area (Å²) in [6.07, 6.45) is 1.76. The fraction of sp³-hybridized carbons (Fsp3) is 0.188. The van der Waals surface area contributed by atoms with E-state index in [0.717, 1.165) is 16.3 Å². The van der Waals surface area contributed by atoms with Crippen molar-refractivity contribution in [1.82, 2.24) is 19.7 Å². The van der Waals surface area contributed by atoms with Crippen LogP contribution in [0.4, 0.5) is 0 Å². The molecule has 0 aliphatic heterocycles. The molecule has 0 aliphatic carbocycles. The highest BCUT2D eigenvalue weighted by Crippen LogP contribution is 2.23. The average Bonchev–Trinajstić information content (AvgIpc) is 3.16. The van der Waals surface area contributed by atoms with E-state index in [-0.39, 0.29) is 5.91 Å². The second kappa shape index (κ2) is 6.11. The third-order valence-corrected chi connectivity index (χ3v) is 4.19. The highest BCUT2D eigenvalue weighted by Gasteiger charge is 2.16. The van der Waals surface area contributed by atoms with Crippen LogP contribution in [0.3, 0.4) is 0 Å². The van der Waals surface area contributed by atoms with Crippen molar-refractivity contribution in [2.75, 3.05) is 7.05 Å². The number of carbonyl (C=O) groups is 1. The first-order valence-corrected chi connectivity index (χ1v) is 7.76. The molecule has 22 heavy (non-hydrogen) atoms. The van der Waals surface area contributed by atoms with Crippen molar-refractivity contribution in [3.63, 3.8) is 0 Å². The molecule has 3 rings (SSSR count). The summed E-state index contributed by atoms with van der Waals surface area (Å²) in [4.78, 5) is 18.5. The van der Waals surface area contributed by atoms with Gasteiger partial charge >= 0.3 is 0 Å². The molecule has 0 N–H and O–H groups in total.